The molecule has 0 saturated heterocycles. The predicted molar refractivity (Wildman–Crippen MR) is 142 cm³/mol. The fourth-order valence-corrected chi connectivity index (χ4v) is 6.32. The van der Waals surface area contributed by atoms with Crippen LogP contribution in [0.4, 0.5) is 5.69 Å². The Morgan fingerprint density at radius 3 is 2.36 bits per heavy atom. The molecule has 2 rings (SSSR count). The Labute approximate surface area is 228 Å². The summed E-state index contributed by atoms with van der Waals surface area (Å²) in [6.45, 7) is 3.74. The van der Waals surface area contributed by atoms with Gasteiger partial charge in [-0.15, -0.1) is 6.58 Å². The van der Waals surface area contributed by atoms with Gasteiger partial charge in [0.1, 0.15) is 11.6 Å². The highest BCUT2D eigenvalue weighted by molar-refractivity contribution is 7.89. The van der Waals surface area contributed by atoms with Gasteiger partial charge in [0.05, 0.1) is 4.92 Å². The van der Waals surface area contributed by atoms with Crippen molar-refractivity contribution in [1.29, 1.82) is 0 Å². The number of carboxylic acids is 1. The van der Waals surface area contributed by atoms with E-state index in [4.69, 9.17) is 5.73 Å². The minimum atomic E-state index is -4.44. The molecule has 1 aromatic carbocycles. The van der Waals surface area contributed by atoms with Gasteiger partial charge >= 0.3 is 16.2 Å². The van der Waals surface area contributed by atoms with E-state index < -0.39 is 59.2 Å². The molecule has 1 fully saturated rings. The number of para-hydroxylation sites is 1. The Balaban J connectivity index is 1.71. The van der Waals surface area contributed by atoms with Crippen molar-refractivity contribution < 1.29 is 36.5 Å². The lowest BCUT2D eigenvalue weighted by Gasteiger charge is -2.19. The monoisotopic (exact) mass is 589 g/mol. The summed E-state index contributed by atoms with van der Waals surface area (Å²) in [5.74, 6) is -2.41. The molecule has 218 valence electrons. The smallest absolute Gasteiger partial charge is 0.321 e. The largest absolute Gasteiger partial charge is 0.480 e. The van der Waals surface area contributed by atoms with Crippen LogP contribution in [0.2, 0.25) is 0 Å². The molecule has 0 radical (unpaired) electrons. The number of nitrogens with two attached hydrogens (primary N) is 1. The van der Waals surface area contributed by atoms with Gasteiger partial charge in [0.25, 0.3) is 11.6 Å². The maximum Gasteiger partial charge on any atom is 0.321 e. The Kier molecular flexibility index (Phi) is 11.1. The van der Waals surface area contributed by atoms with E-state index in [0.717, 1.165) is 22.9 Å². The zero-order chi connectivity index (χ0) is 29.4. The van der Waals surface area contributed by atoms with Gasteiger partial charge in [0.2, 0.25) is 10.0 Å². The van der Waals surface area contributed by atoms with Crippen molar-refractivity contribution in [3.05, 3.63) is 47.0 Å². The third-order valence-electron chi connectivity index (χ3n) is 6.56. The first kappa shape index (κ1) is 32.3. The first-order chi connectivity index (χ1) is 18.2. The molecule has 0 aliphatic heterocycles. The number of amides is 1. The van der Waals surface area contributed by atoms with Crippen LogP contribution in [-0.2, 0) is 29.8 Å². The molecular weight excluding hydrogens is 554 g/mol. The van der Waals surface area contributed by atoms with Gasteiger partial charge in [-0.2, -0.15) is 17.4 Å². The van der Waals surface area contributed by atoms with E-state index in [1.54, 1.807) is 0 Å². The quantitative estimate of drug-likeness (QED) is 0.0830. The fourth-order valence-electron chi connectivity index (χ4n) is 3.98. The van der Waals surface area contributed by atoms with E-state index >= 15 is 0 Å². The van der Waals surface area contributed by atoms with Crippen molar-refractivity contribution in [3.8, 4) is 0 Å². The topological polar surface area (TPSA) is 219 Å². The third-order valence-corrected chi connectivity index (χ3v) is 9.53. The number of rotatable bonds is 18. The number of nitro benzene ring substituents is 1. The van der Waals surface area contributed by atoms with Crippen molar-refractivity contribution in [2.24, 2.45) is 11.7 Å². The summed E-state index contributed by atoms with van der Waals surface area (Å²) in [5, 5.41) is 20.6. The van der Waals surface area contributed by atoms with Gasteiger partial charge in [0, 0.05) is 25.6 Å². The number of sulfonamides is 1. The van der Waals surface area contributed by atoms with Crippen LogP contribution >= 0.6 is 0 Å². The Hall–Kier alpha value is -2.92. The highest BCUT2D eigenvalue weighted by atomic mass is 32.2. The first-order valence-corrected chi connectivity index (χ1v) is 15.3. The molecule has 39 heavy (non-hydrogen) atoms. The number of nitro groups is 1. The van der Waals surface area contributed by atoms with Crippen LogP contribution in [0, 0.1) is 16.0 Å². The van der Waals surface area contributed by atoms with Crippen LogP contribution in [0.1, 0.15) is 51.4 Å². The molecule has 0 unspecified atom stereocenters. The molecule has 14 nitrogen and oxygen atoms in total. The van der Waals surface area contributed by atoms with Crippen molar-refractivity contribution in [1.82, 2.24) is 13.7 Å². The van der Waals surface area contributed by atoms with E-state index in [2.05, 4.69) is 6.58 Å². The number of carbonyl (C=O) groups is 2. The summed E-state index contributed by atoms with van der Waals surface area (Å²) in [7, 11) is -7.11. The molecule has 0 spiro atoms. The highest BCUT2D eigenvalue weighted by Crippen LogP contribution is 2.42. The molecule has 3 atom stereocenters. The lowest BCUT2D eigenvalue weighted by molar-refractivity contribution is -0.387. The number of hydrogen-bond donors (Lipinski definition) is 4. The maximum atomic E-state index is 12.6. The Morgan fingerprint density at radius 1 is 1.21 bits per heavy atom. The average molecular weight is 590 g/mol. The van der Waals surface area contributed by atoms with Crippen LogP contribution in [0.15, 0.2) is 41.8 Å². The fraction of sp³-hybridized carbons (Fsp3) is 0.565. The minimum Gasteiger partial charge on any atom is -0.480 e. The van der Waals surface area contributed by atoms with Crippen molar-refractivity contribution >= 4 is 37.8 Å². The highest BCUT2D eigenvalue weighted by Gasteiger charge is 2.56. The molecule has 16 heteroatoms. The van der Waals surface area contributed by atoms with Crippen molar-refractivity contribution in [2.75, 3.05) is 13.6 Å². The van der Waals surface area contributed by atoms with E-state index in [1.165, 1.54) is 25.3 Å². The van der Waals surface area contributed by atoms with Crippen molar-refractivity contribution in [3.63, 3.8) is 0 Å². The zero-order valence-electron chi connectivity index (χ0n) is 21.6. The SMILES string of the molecule is C=C[C@@H]1C[C@]1(N)C(=O)NS(=O)(=O)N(C)CCCCCCCC[C@H](NS(=O)(=O)c1ccccc1[N+](=O)[O-])C(=O)O. The summed E-state index contributed by atoms with van der Waals surface area (Å²) in [6, 6.07) is 3.23. The van der Waals surface area contributed by atoms with E-state index in [1.807, 2.05) is 9.44 Å². The molecule has 1 saturated carbocycles. The number of benzene rings is 1. The molecule has 5 N–H and O–H groups in total. The predicted octanol–water partition coefficient (Wildman–Crippen LogP) is 1.25. The second-order valence-corrected chi connectivity index (χ2v) is 13.0. The number of nitrogens with one attached hydrogen (secondary N) is 2. The van der Waals surface area contributed by atoms with Gasteiger partial charge in [-0.05, 0) is 25.3 Å². The normalized spacial score (nSPS) is 19.8. The van der Waals surface area contributed by atoms with Crippen molar-refractivity contribution in [2.45, 2.75) is 67.8 Å². The lowest BCUT2D eigenvalue weighted by atomic mass is 10.1. The zero-order valence-corrected chi connectivity index (χ0v) is 23.2. The van der Waals surface area contributed by atoms with E-state index in [9.17, 15) is 41.6 Å². The van der Waals surface area contributed by atoms with Gasteiger partial charge in [0.15, 0.2) is 4.90 Å². The van der Waals surface area contributed by atoms with E-state index in [0.29, 0.717) is 38.5 Å². The maximum absolute atomic E-state index is 12.6. The molecule has 1 aliphatic carbocycles. The Bertz CT molecular complexity index is 1290. The van der Waals surface area contributed by atoms with Crippen LogP contribution in [0.5, 0.6) is 0 Å². The summed E-state index contributed by atoms with van der Waals surface area (Å²) >= 11 is 0. The Morgan fingerprint density at radius 2 is 1.79 bits per heavy atom. The van der Waals surface area contributed by atoms with Crippen LogP contribution < -0.4 is 15.2 Å². The number of nitrogens with zero attached hydrogens (tertiary/aromatic N) is 2. The number of carboxylic acid groups (broad SMARTS) is 1. The molecule has 0 heterocycles. The summed E-state index contributed by atoms with van der Waals surface area (Å²) in [4.78, 5) is 33.4. The number of aliphatic carboxylic acids is 1. The van der Waals surface area contributed by atoms with Gasteiger partial charge in [-0.1, -0.05) is 50.3 Å². The lowest BCUT2D eigenvalue weighted by Crippen LogP contribution is -2.50. The van der Waals surface area contributed by atoms with Gasteiger partial charge in [-0.25, -0.2) is 13.1 Å². The first-order valence-electron chi connectivity index (χ1n) is 12.3. The van der Waals surface area contributed by atoms with Gasteiger partial charge in [-0.3, -0.25) is 19.7 Å². The van der Waals surface area contributed by atoms with Gasteiger partial charge < -0.3 is 10.8 Å². The second-order valence-electron chi connectivity index (χ2n) is 9.49. The average Bonchev–Trinajstić information content (AvgIpc) is 3.56. The number of unbranched alkanes of at least 4 members (excludes halogenated alkanes) is 5. The summed E-state index contributed by atoms with van der Waals surface area (Å²) in [6.07, 6.45) is 5.49. The number of carbonyl (C=O) groups excluding carboxylic acids is 1. The minimum absolute atomic E-state index is 0.00871. The van der Waals surface area contributed by atoms with Crippen LogP contribution in [-0.4, -0.2) is 68.2 Å². The van der Waals surface area contributed by atoms with Crippen LogP contribution in [0.3, 0.4) is 0 Å². The third kappa shape index (κ3) is 8.79. The summed E-state index contributed by atoms with van der Waals surface area (Å²) < 4.78 is 55.0. The standard InChI is InChI=1S/C23H35N5O9S2/c1-3-17-16-23(17,24)22(31)26-39(36,37)27(2)15-11-7-5-4-6-8-12-18(21(29)30)25-38(34,35)20-14-10-9-13-19(20)28(32)33/h3,9-10,13-14,17-18,25H,1,4-8,11-12,15-16,24H2,2H3,(H,26,31)(H,29,30)/t17-,18+,23-/m1/s1. The molecule has 0 bridgehead atoms. The molecular formula is C23H35N5O9S2. The van der Waals surface area contributed by atoms with Crippen LogP contribution in [0.25, 0.3) is 0 Å². The number of hydrogen-bond acceptors (Lipinski definition) is 9. The molecule has 1 amide bonds. The second kappa shape index (κ2) is 13.4. The molecule has 1 aliphatic rings. The van der Waals surface area contributed by atoms with E-state index in [-0.39, 0.29) is 18.9 Å². The summed E-state index contributed by atoms with van der Waals surface area (Å²) in [5.41, 5.74) is 3.99. The molecule has 0 aromatic heterocycles. The molecule has 1 aromatic rings.